The molecule has 8 nitrogen and oxygen atoms in total. The second-order valence-corrected chi connectivity index (χ2v) is 10.3. The number of aromatic nitrogens is 1. The van der Waals surface area contributed by atoms with Crippen molar-refractivity contribution in [3.05, 3.63) is 114 Å². The number of nitrogens with one attached hydrogen (secondary N) is 1. The molecule has 0 spiro atoms. The Morgan fingerprint density at radius 1 is 0.810 bits per heavy atom. The predicted octanol–water partition coefficient (Wildman–Crippen LogP) is 6.01. The van der Waals surface area contributed by atoms with Crippen LogP contribution in [-0.4, -0.2) is 44.0 Å². The van der Waals surface area contributed by atoms with Crippen LogP contribution in [-0.2, 0) is 19.7 Å². The maximum Gasteiger partial charge on any atom is 0.223 e. The molecule has 0 amide bonds. The monoisotopic (exact) mass is 564 g/mol. The number of benzene rings is 3. The van der Waals surface area contributed by atoms with Gasteiger partial charge in [-0.15, -0.1) is 0 Å². The van der Waals surface area contributed by atoms with E-state index in [0.29, 0.717) is 47.1 Å². The average molecular weight is 565 g/mol. The van der Waals surface area contributed by atoms with E-state index in [4.69, 9.17) is 18.9 Å². The molecule has 1 aliphatic rings. The fraction of sp³-hybridized carbons (Fsp3) is 0.206. The van der Waals surface area contributed by atoms with Crippen LogP contribution in [0.25, 0.3) is 10.9 Å². The van der Waals surface area contributed by atoms with Crippen molar-refractivity contribution in [3.63, 3.8) is 0 Å². The number of hydrogen-bond donors (Lipinski definition) is 1. The summed E-state index contributed by atoms with van der Waals surface area (Å²) in [5.41, 5.74) is 3.42. The SMILES string of the molecule is COCCOc1cc2nccc(NC3=CC(=O)C(Oc4ccc(C(C)(C)c5ccccc5)cc4)=CC3=O)c2cc1OC. The van der Waals surface area contributed by atoms with Crippen LogP contribution in [0.2, 0.25) is 0 Å². The molecule has 0 radical (unpaired) electrons. The minimum Gasteiger partial charge on any atom is -0.493 e. The van der Waals surface area contributed by atoms with Crippen molar-refractivity contribution in [2.45, 2.75) is 19.3 Å². The van der Waals surface area contributed by atoms with Crippen LogP contribution in [0.3, 0.4) is 0 Å². The summed E-state index contributed by atoms with van der Waals surface area (Å²) in [4.78, 5) is 30.4. The number of hydrogen-bond acceptors (Lipinski definition) is 8. The number of pyridine rings is 1. The standard InChI is InChI=1S/C34H32N2O6/c1-34(2,22-8-6-5-7-9-22)23-10-12-24(13-11-23)42-31-21-29(37)28(19-30(31)38)36-26-14-15-35-27-20-33(41-17-16-39-3)32(40-4)18-25(26)27/h5-15,18-21H,16-17H2,1-4H3,(H,35,36). The quantitative estimate of drug-likeness (QED) is 0.175. The molecule has 8 heteroatoms. The Kier molecular flexibility index (Phi) is 8.36. The number of carbonyl (C=O) groups excluding carboxylic acids is 2. The molecular weight excluding hydrogens is 532 g/mol. The van der Waals surface area contributed by atoms with Crippen LogP contribution in [0.15, 0.2) is 103 Å². The van der Waals surface area contributed by atoms with Gasteiger partial charge in [0.15, 0.2) is 17.3 Å². The van der Waals surface area contributed by atoms with Crippen molar-refractivity contribution in [1.82, 2.24) is 4.98 Å². The number of fused-ring (bicyclic) bond motifs is 1. The van der Waals surface area contributed by atoms with E-state index < -0.39 is 5.78 Å². The first kappa shape index (κ1) is 28.6. The Morgan fingerprint density at radius 3 is 2.26 bits per heavy atom. The van der Waals surface area contributed by atoms with Gasteiger partial charge in [-0.2, -0.15) is 0 Å². The first-order chi connectivity index (χ1) is 20.3. The van der Waals surface area contributed by atoms with E-state index in [0.717, 1.165) is 5.56 Å². The number of methoxy groups -OCH3 is 2. The van der Waals surface area contributed by atoms with Crippen LogP contribution in [0, 0.1) is 0 Å². The van der Waals surface area contributed by atoms with E-state index >= 15 is 0 Å². The molecule has 214 valence electrons. The van der Waals surface area contributed by atoms with Gasteiger partial charge in [0.1, 0.15) is 12.4 Å². The number of anilines is 1. The summed E-state index contributed by atoms with van der Waals surface area (Å²) in [5, 5.41) is 3.78. The van der Waals surface area contributed by atoms with Gasteiger partial charge in [0.05, 0.1) is 24.9 Å². The molecule has 0 saturated heterocycles. The second-order valence-electron chi connectivity index (χ2n) is 10.3. The molecule has 4 aromatic rings. The molecule has 1 aromatic heterocycles. The summed E-state index contributed by atoms with van der Waals surface area (Å²) in [7, 11) is 3.14. The van der Waals surface area contributed by atoms with E-state index in [9.17, 15) is 9.59 Å². The van der Waals surface area contributed by atoms with E-state index in [1.807, 2.05) is 30.3 Å². The van der Waals surface area contributed by atoms with Crippen molar-refractivity contribution < 1.29 is 28.5 Å². The van der Waals surface area contributed by atoms with Crippen molar-refractivity contribution in [2.24, 2.45) is 0 Å². The minimum atomic E-state index is -0.421. The molecular formula is C34H32N2O6. The zero-order valence-corrected chi connectivity index (χ0v) is 24.0. The summed E-state index contributed by atoms with van der Waals surface area (Å²) in [6, 6.07) is 23.0. The molecule has 3 aromatic carbocycles. The van der Waals surface area contributed by atoms with Crippen molar-refractivity contribution in [2.75, 3.05) is 32.8 Å². The number of allylic oxidation sites excluding steroid dienone is 2. The molecule has 0 aliphatic heterocycles. The molecule has 0 bridgehead atoms. The summed E-state index contributed by atoms with van der Waals surface area (Å²) in [5.74, 6) is 0.647. The summed E-state index contributed by atoms with van der Waals surface area (Å²) in [6.07, 6.45) is 4.06. The minimum absolute atomic E-state index is 0.0419. The molecule has 42 heavy (non-hydrogen) atoms. The highest BCUT2D eigenvalue weighted by atomic mass is 16.5. The lowest BCUT2D eigenvalue weighted by Crippen LogP contribution is -2.21. The number of nitrogens with zero attached hydrogens (tertiary/aromatic N) is 1. The lowest BCUT2D eigenvalue weighted by Gasteiger charge is -2.26. The van der Waals surface area contributed by atoms with Gasteiger partial charge in [0.25, 0.3) is 0 Å². The van der Waals surface area contributed by atoms with Gasteiger partial charge in [-0.05, 0) is 35.4 Å². The van der Waals surface area contributed by atoms with Gasteiger partial charge < -0.3 is 24.3 Å². The van der Waals surface area contributed by atoms with Crippen LogP contribution >= 0.6 is 0 Å². The van der Waals surface area contributed by atoms with Gasteiger partial charge >= 0.3 is 0 Å². The molecule has 1 aliphatic carbocycles. The Bertz CT molecular complexity index is 1670. The molecule has 0 fully saturated rings. The van der Waals surface area contributed by atoms with Crippen LogP contribution < -0.4 is 19.5 Å². The fourth-order valence-electron chi connectivity index (χ4n) is 4.72. The largest absolute Gasteiger partial charge is 0.493 e. The van der Waals surface area contributed by atoms with Gasteiger partial charge in [-0.3, -0.25) is 14.6 Å². The van der Waals surface area contributed by atoms with Gasteiger partial charge in [-0.1, -0.05) is 56.3 Å². The lowest BCUT2D eigenvalue weighted by atomic mass is 9.78. The predicted molar refractivity (Wildman–Crippen MR) is 161 cm³/mol. The number of ketones is 2. The highest BCUT2D eigenvalue weighted by Gasteiger charge is 2.25. The van der Waals surface area contributed by atoms with Crippen molar-refractivity contribution in [1.29, 1.82) is 0 Å². The van der Waals surface area contributed by atoms with E-state index in [2.05, 4.69) is 36.3 Å². The zero-order valence-electron chi connectivity index (χ0n) is 24.0. The number of carbonyl (C=O) groups is 2. The maximum absolute atomic E-state index is 13.0. The third kappa shape index (κ3) is 6.04. The topological polar surface area (TPSA) is 96.0 Å². The maximum atomic E-state index is 13.0. The first-order valence-corrected chi connectivity index (χ1v) is 13.5. The molecule has 1 N–H and O–H groups in total. The highest BCUT2D eigenvalue weighted by molar-refractivity contribution is 6.20. The van der Waals surface area contributed by atoms with Crippen LogP contribution in [0.4, 0.5) is 5.69 Å². The van der Waals surface area contributed by atoms with E-state index in [-0.39, 0.29) is 22.7 Å². The van der Waals surface area contributed by atoms with E-state index in [1.54, 1.807) is 50.7 Å². The number of ether oxygens (including phenoxy) is 4. The smallest absolute Gasteiger partial charge is 0.223 e. The zero-order chi connectivity index (χ0) is 29.7. The average Bonchev–Trinajstić information content (AvgIpc) is 3.00. The van der Waals surface area contributed by atoms with Crippen LogP contribution in [0.5, 0.6) is 17.2 Å². The van der Waals surface area contributed by atoms with Crippen molar-refractivity contribution in [3.8, 4) is 17.2 Å². The molecule has 0 unspecified atom stereocenters. The molecule has 0 saturated carbocycles. The summed E-state index contributed by atoms with van der Waals surface area (Å²) in [6.45, 7) is 5.09. The van der Waals surface area contributed by atoms with E-state index in [1.165, 1.54) is 17.7 Å². The summed E-state index contributed by atoms with van der Waals surface area (Å²) >= 11 is 0. The highest BCUT2D eigenvalue weighted by Crippen LogP contribution is 2.36. The Labute approximate surface area is 244 Å². The third-order valence-electron chi connectivity index (χ3n) is 7.19. The van der Waals surface area contributed by atoms with Gasteiger partial charge in [0, 0.05) is 48.0 Å². The summed E-state index contributed by atoms with van der Waals surface area (Å²) < 4.78 is 22.1. The van der Waals surface area contributed by atoms with Gasteiger partial charge in [0.2, 0.25) is 11.6 Å². The Morgan fingerprint density at radius 2 is 1.55 bits per heavy atom. The third-order valence-corrected chi connectivity index (χ3v) is 7.19. The Hall–Kier alpha value is -4.95. The van der Waals surface area contributed by atoms with Crippen molar-refractivity contribution >= 4 is 28.2 Å². The first-order valence-electron chi connectivity index (χ1n) is 13.5. The molecule has 5 rings (SSSR count). The molecule has 0 atom stereocenters. The Balaban J connectivity index is 1.31. The molecule has 1 heterocycles. The normalized spacial score (nSPS) is 13.4. The van der Waals surface area contributed by atoms with Gasteiger partial charge in [-0.25, -0.2) is 0 Å². The number of rotatable bonds is 11. The second kappa shape index (κ2) is 12.3. The lowest BCUT2D eigenvalue weighted by molar-refractivity contribution is -0.116. The fourth-order valence-corrected chi connectivity index (χ4v) is 4.72. The van der Waals surface area contributed by atoms with Crippen LogP contribution in [0.1, 0.15) is 25.0 Å².